The summed E-state index contributed by atoms with van der Waals surface area (Å²) in [7, 11) is 1.96. The number of benzene rings is 1. The lowest BCUT2D eigenvalue weighted by atomic mass is 9.91. The van der Waals surface area contributed by atoms with E-state index in [4.69, 9.17) is 10.8 Å². The van der Waals surface area contributed by atoms with Gasteiger partial charge in [0.2, 0.25) is 0 Å². The molecule has 4 nitrogen and oxygen atoms in total. The van der Waals surface area contributed by atoms with Crippen molar-refractivity contribution in [2.75, 3.05) is 18.5 Å². The third-order valence-corrected chi connectivity index (χ3v) is 3.72. The van der Waals surface area contributed by atoms with Crippen LogP contribution in [0, 0.1) is 0 Å². The van der Waals surface area contributed by atoms with E-state index in [1.54, 1.807) is 0 Å². The Morgan fingerprint density at radius 1 is 1.37 bits per heavy atom. The smallest absolute Gasteiger partial charge is 0.304 e. The lowest BCUT2D eigenvalue weighted by Crippen LogP contribution is -2.37. The molecule has 0 saturated heterocycles. The molecule has 1 aliphatic rings. The molecule has 0 amide bonds. The van der Waals surface area contributed by atoms with Crippen LogP contribution < -0.4 is 10.6 Å². The van der Waals surface area contributed by atoms with Crippen molar-refractivity contribution in [3.05, 3.63) is 29.3 Å². The number of aliphatic carboxylic acids is 1. The van der Waals surface area contributed by atoms with E-state index in [-0.39, 0.29) is 12.5 Å². The summed E-state index contributed by atoms with van der Waals surface area (Å²) in [5.41, 5.74) is 9.84. The Labute approximate surface area is 114 Å². The van der Waals surface area contributed by atoms with E-state index in [1.807, 2.05) is 11.9 Å². The number of nitrogens with zero attached hydrogens (tertiary/aromatic N) is 1. The molecule has 1 aromatic rings. The van der Waals surface area contributed by atoms with Crippen LogP contribution in [0.4, 0.5) is 5.69 Å². The van der Waals surface area contributed by atoms with Crippen LogP contribution in [0.2, 0.25) is 0 Å². The molecule has 1 atom stereocenters. The number of carbonyl (C=O) groups is 1. The largest absolute Gasteiger partial charge is 0.481 e. The second-order valence-corrected chi connectivity index (χ2v) is 5.40. The minimum absolute atomic E-state index is 0.00921. The standard InChI is InChI=1S/C15H22N2O2/c1-17(10-13(16)9-15(18)19)14-7-6-11-4-2-3-5-12(11)8-14/h6-8,13H,2-5,9-10,16H2,1H3,(H,18,19). The Morgan fingerprint density at radius 3 is 2.74 bits per heavy atom. The normalized spacial score (nSPS) is 15.7. The average Bonchev–Trinajstić information content (AvgIpc) is 2.37. The first-order valence-corrected chi connectivity index (χ1v) is 6.86. The van der Waals surface area contributed by atoms with E-state index in [0.29, 0.717) is 6.54 Å². The molecule has 1 aliphatic carbocycles. The third-order valence-electron chi connectivity index (χ3n) is 3.72. The zero-order valence-electron chi connectivity index (χ0n) is 11.4. The summed E-state index contributed by atoms with van der Waals surface area (Å²) in [6, 6.07) is 6.20. The zero-order chi connectivity index (χ0) is 13.8. The van der Waals surface area contributed by atoms with Crippen molar-refractivity contribution in [2.24, 2.45) is 5.73 Å². The van der Waals surface area contributed by atoms with Gasteiger partial charge in [-0.3, -0.25) is 4.79 Å². The fourth-order valence-corrected chi connectivity index (χ4v) is 2.70. The molecule has 0 aromatic heterocycles. The second-order valence-electron chi connectivity index (χ2n) is 5.40. The SMILES string of the molecule is CN(CC(N)CC(=O)O)c1ccc2c(c1)CCCC2. The molecule has 2 rings (SSSR count). The van der Waals surface area contributed by atoms with Crippen molar-refractivity contribution in [1.82, 2.24) is 0 Å². The third kappa shape index (κ3) is 3.70. The molecule has 0 bridgehead atoms. The van der Waals surface area contributed by atoms with Gasteiger partial charge in [0, 0.05) is 25.3 Å². The summed E-state index contributed by atoms with van der Waals surface area (Å²) in [4.78, 5) is 12.7. The van der Waals surface area contributed by atoms with Crippen molar-refractivity contribution in [2.45, 2.75) is 38.1 Å². The van der Waals surface area contributed by atoms with E-state index in [1.165, 1.54) is 30.4 Å². The molecule has 4 heteroatoms. The number of hydrogen-bond acceptors (Lipinski definition) is 3. The van der Waals surface area contributed by atoms with Gasteiger partial charge in [-0.05, 0) is 48.9 Å². The number of likely N-dealkylation sites (N-methyl/N-ethyl adjacent to an activating group) is 1. The van der Waals surface area contributed by atoms with Gasteiger partial charge in [0.15, 0.2) is 0 Å². The van der Waals surface area contributed by atoms with Crippen LogP contribution in [0.15, 0.2) is 18.2 Å². The van der Waals surface area contributed by atoms with Gasteiger partial charge in [-0.2, -0.15) is 0 Å². The second kappa shape index (κ2) is 6.06. The zero-order valence-corrected chi connectivity index (χ0v) is 11.4. The predicted octanol–water partition coefficient (Wildman–Crippen LogP) is 1.80. The topological polar surface area (TPSA) is 66.6 Å². The van der Waals surface area contributed by atoms with Crippen molar-refractivity contribution in [3.63, 3.8) is 0 Å². The number of hydrogen-bond donors (Lipinski definition) is 2. The van der Waals surface area contributed by atoms with Crippen LogP contribution in [0.1, 0.15) is 30.4 Å². The molecule has 0 aliphatic heterocycles. The fourth-order valence-electron chi connectivity index (χ4n) is 2.70. The lowest BCUT2D eigenvalue weighted by Gasteiger charge is -2.25. The minimum Gasteiger partial charge on any atom is -0.481 e. The molecule has 19 heavy (non-hydrogen) atoms. The lowest BCUT2D eigenvalue weighted by molar-refractivity contribution is -0.137. The Balaban J connectivity index is 2.02. The minimum atomic E-state index is -0.841. The van der Waals surface area contributed by atoms with E-state index in [9.17, 15) is 4.79 Å². The van der Waals surface area contributed by atoms with Crippen LogP contribution in [-0.2, 0) is 17.6 Å². The van der Waals surface area contributed by atoms with Crippen molar-refractivity contribution >= 4 is 11.7 Å². The first kappa shape index (κ1) is 13.9. The van der Waals surface area contributed by atoms with E-state index in [0.717, 1.165) is 12.1 Å². The monoisotopic (exact) mass is 262 g/mol. The van der Waals surface area contributed by atoms with Crippen LogP contribution in [0.5, 0.6) is 0 Å². The van der Waals surface area contributed by atoms with Crippen LogP contribution in [-0.4, -0.2) is 30.7 Å². The highest BCUT2D eigenvalue weighted by Gasteiger charge is 2.14. The highest BCUT2D eigenvalue weighted by atomic mass is 16.4. The molecule has 0 saturated carbocycles. The highest BCUT2D eigenvalue weighted by molar-refractivity contribution is 5.67. The van der Waals surface area contributed by atoms with E-state index < -0.39 is 5.97 Å². The first-order chi connectivity index (χ1) is 9.06. The highest BCUT2D eigenvalue weighted by Crippen LogP contribution is 2.25. The first-order valence-electron chi connectivity index (χ1n) is 6.86. The summed E-state index contributed by atoms with van der Waals surface area (Å²) in [6.07, 6.45) is 4.88. The van der Waals surface area contributed by atoms with Gasteiger partial charge < -0.3 is 15.7 Å². The molecular weight excluding hydrogens is 240 g/mol. The van der Waals surface area contributed by atoms with Gasteiger partial charge >= 0.3 is 5.97 Å². The summed E-state index contributed by atoms with van der Waals surface area (Å²) < 4.78 is 0. The maximum atomic E-state index is 10.6. The Hall–Kier alpha value is -1.55. The molecule has 0 radical (unpaired) electrons. The number of fused-ring (bicyclic) bond motifs is 1. The van der Waals surface area contributed by atoms with E-state index in [2.05, 4.69) is 18.2 Å². The van der Waals surface area contributed by atoms with Gasteiger partial charge in [0.05, 0.1) is 6.42 Å². The molecular formula is C15H22N2O2. The molecule has 0 fully saturated rings. The number of carboxylic acids is 1. The Bertz CT molecular complexity index is 459. The Morgan fingerprint density at radius 2 is 2.05 bits per heavy atom. The van der Waals surface area contributed by atoms with Gasteiger partial charge in [-0.15, -0.1) is 0 Å². The quantitative estimate of drug-likeness (QED) is 0.849. The number of rotatable bonds is 5. The summed E-state index contributed by atoms with van der Waals surface area (Å²) >= 11 is 0. The van der Waals surface area contributed by atoms with Gasteiger partial charge in [-0.25, -0.2) is 0 Å². The van der Waals surface area contributed by atoms with Crippen LogP contribution in [0.3, 0.4) is 0 Å². The number of anilines is 1. The molecule has 0 heterocycles. The number of aryl methyl sites for hydroxylation is 2. The summed E-state index contributed by atoms with van der Waals surface area (Å²) in [5, 5.41) is 8.73. The van der Waals surface area contributed by atoms with Crippen LogP contribution in [0.25, 0.3) is 0 Å². The van der Waals surface area contributed by atoms with Crippen LogP contribution >= 0.6 is 0 Å². The number of nitrogens with two attached hydrogens (primary N) is 1. The summed E-state index contributed by atoms with van der Waals surface area (Å²) in [5.74, 6) is -0.841. The molecule has 3 N–H and O–H groups in total. The van der Waals surface area contributed by atoms with Crippen molar-refractivity contribution in [1.29, 1.82) is 0 Å². The van der Waals surface area contributed by atoms with Crippen molar-refractivity contribution < 1.29 is 9.90 Å². The molecule has 1 unspecified atom stereocenters. The number of carboxylic acid groups (broad SMARTS) is 1. The maximum Gasteiger partial charge on any atom is 0.304 e. The average molecular weight is 262 g/mol. The van der Waals surface area contributed by atoms with Crippen molar-refractivity contribution in [3.8, 4) is 0 Å². The molecule has 0 spiro atoms. The molecule has 1 aromatic carbocycles. The summed E-state index contributed by atoms with van der Waals surface area (Å²) in [6.45, 7) is 0.561. The van der Waals surface area contributed by atoms with Gasteiger partial charge in [-0.1, -0.05) is 6.07 Å². The van der Waals surface area contributed by atoms with Gasteiger partial charge in [0.25, 0.3) is 0 Å². The fraction of sp³-hybridized carbons (Fsp3) is 0.533. The Kier molecular flexibility index (Phi) is 4.43. The van der Waals surface area contributed by atoms with Gasteiger partial charge in [0.1, 0.15) is 0 Å². The molecule has 104 valence electrons. The maximum absolute atomic E-state index is 10.6. The predicted molar refractivity (Wildman–Crippen MR) is 76.6 cm³/mol. The van der Waals surface area contributed by atoms with E-state index >= 15 is 0 Å².